The van der Waals surface area contributed by atoms with Gasteiger partial charge in [-0.3, -0.25) is 4.79 Å². The number of rotatable bonds is 10. The van der Waals surface area contributed by atoms with Gasteiger partial charge in [0.05, 0.1) is 6.26 Å². The zero-order valence-electron chi connectivity index (χ0n) is 14.3. The van der Waals surface area contributed by atoms with Gasteiger partial charge in [-0.1, -0.05) is 44.9 Å². The third-order valence-corrected chi connectivity index (χ3v) is 5.04. The van der Waals surface area contributed by atoms with Crippen LogP contribution in [0.15, 0.2) is 24.3 Å². The molecule has 0 atom stereocenters. The number of carbonyl (C=O) groups is 1. The van der Waals surface area contributed by atoms with Gasteiger partial charge in [-0.15, -0.1) is 0 Å². The van der Waals surface area contributed by atoms with Crippen molar-refractivity contribution in [3.63, 3.8) is 0 Å². The molecule has 5 nitrogen and oxygen atoms in total. The minimum absolute atomic E-state index is 0.157. The van der Waals surface area contributed by atoms with Crippen LogP contribution in [0.4, 0.5) is 5.69 Å². The molecule has 130 valence electrons. The maximum atomic E-state index is 12.1. The van der Waals surface area contributed by atoms with Crippen LogP contribution in [0.25, 0.3) is 0 Å². The van der Waals surface area contributed by atoms with Crippen LogP contribution >= 0.6 is 0 Å². The van der Waals surface area contributed by atoms with Gasteiger partial charge in [0.1, 0.15) is 0 Å². The zero-order chi connectivity index (χ0) is 17.3. The summed E-state index contributed by atoms with van der Waals surface area (Å²) in [6.45, 7) is 4.81. The molecule has 1 amide bonds. The van der Waals surface area contributed by atoms with E-state index >= 15 is 0 Å². The van der Waals surface area contributed by atoms with Gasteiger partial charge < -0.3 is 5.32 Å². The van der Waals surface area contributed by atoms with Crippen LogP contribution in [-0.4, -0.2) is 38.0 Å². The van der Waals surface area contributed by atoms with Crippen molar-refractivity contribution in [2.45, 2.75) is 46.0 Å². The van der Waals surface area contributed by atoms with Crippen LogP contribution in [0.1, 0.15) is 45.1 Å². The van der Waals surface area contributed by atoms with E-state index in [0.717, 1.165) is 36.9 Å². The lowest BCUT2D eigenvalue weighted by atomic mass is 10.1. The number of hydrogen-bond acceptors (Lipinski definition) is 3. The second-order valence-electron chi connectivity index (χ2n) is 5.68. The van der Waals surface area contributed by atoms with Crippen LogP contribution in [-0.2, 0) is 21.2 Å². The molecule has 0 spiro atoms. The zero-order valence-corrected chi connectivity index (χ0v) is 15.2. The Morgan fingerprint density at radius 2 is 1.83 bits per heavy atom. The highest BCUT2D eigenvalue weighted by atomic mass is 32.2. The Balaban J connectivity index is 2.58. The molecule has 0 saturated carbocycles. The minimum Gasteiger partial charge on any atom is -0.326 e. The van der Waals surface area contributed by atoms with Crippen molar-refractivity contribution in [3.8, 4) is 0 Å². The van der Waals surface area contributed by atoms with Crippen molar-refractivity contribution in [1.29, 1.82) is 0 Å². The number of nitrogens with one attached hydrogen (secondary N) is 1. The van der Waals surface area contributed by atoms with E-state index in [1.165, 1.54) is 10.6 Å². The number of unbranched alkanes of at least 4 members (excludes halogenated alkanes) is 2. The Labute approximate surface area is 140 Å². The Hall–Kier alpha value is -1.40. The average molecular weight is 340 g/mol. The van der Waals surface area contributed by atoms with Gasteiger partial charge in [0.25, 0.3) is 0 Å². The summed E-state index contributed by atoms with van der Waals surface area (Å²) in [5.41, 5.74) is 1.88. The van der Waals surface area contributed by atoms with E-state index in [9.17, 15) is 13.2 Å². The van der Waals surface area contributed by atoms with Crippen LogP contribution in [0.5, 0.6) is 0 Å². The molecule has 1 N–H and O–H groups in total. The number of anilines is 1. The van der Waals surface area contributed by atoms with Crippen LogP contribution < -0.4 is 5.32 Å². The van der Waals surface area contributed by atoms with E-state index in [1.807, 2.05) is 31.2 Å². The third-order valence-electron chi connectivity index (χ3n) is 3.74. The van der Waals surface area contributed by atoms with Crippen molar-refractivity contribution >= 4 is 21.6 Å². The van der Waals surface area contributed by atoms with E-state index in [2.05, 4.69) is 12.2 Å². The molecular formula is C17H28N2O3S. The summed E-state index contributed by atoms with van der Waals surface area (Å²) < 4.78 is 25.0. The highest BCUT2D eigenvalue weighted by Gasteiger charge is 2.17. The van der Waals surface area contributed by atoms with Gasteiger partial charge in [-0.2, -0.15) is 0 Å². The fraction of sp³-hybridized carbons (Fsp3) is 0.588. The Bertz CT molecular complexity index is 600. The van der Waals surface area contributed by atoms with Crippen molar-refractivity contribution < 1.29 is 13.2 Å². The van der Waals surface area contributed by atoms with Gasteiger partial charge in [0.15, 0.2) is 0 Å². The number of para-hydroxylation sites is 1. The standard InChI is InChI=1S/C17H28N2O3S/c1-4-6-9-13-19(23(3,21)22)14-12-17(20)18-16-11-8-7-10-15(16)5-2/h7-8,10-11H,4-6,9,12-14H2,1-3H3,(H,18,20). The molecule has 1 rings (SSSR count). The average Bonchev–Trinajstić information content (AvgIpc) is 2.50. The number of carbonyl (C=O) groups excluding carboxylic acids is 1. The second-order valence-corrected chi connectivity index (χ2v) is 7.66. The number of nitrogens with zero attached hydrogens (tertiary/aromatic N) is 1. The van der Waals surface area contributed by atoms with Crippen molar-refractivity contribution in [2.75, 3.05) is 24.7 Å². The van der Waals surface area contributed by atoms with Gasteiger partial charge in [-0.05, 0) is 24.5 Å². The van der Waals surface area contributed by atoms with Crippen LogP contribution in [0, 0.1) is 0 Å². The molecule has 0 aliphatic heterocycles. The molecule has 0 aliphatic rings. The van der Waals surface area contributed by atoms with Crippen LogP contribution in [0.3, 0.4) is 0 Å². The summed E-state index contributed by atoms with van der Waals surface area (Å²) in [6, 6.07) is 7.66. The molecule has 0 radical (unpaired) electrons. The van der Waals surface area contributed by atoms with Gasteiger partial charge in [0.2, 0.25) is 15.9 Å². The number of benzene rings is 1. The predicted molar refractivity (Wildman–Crippen MR) is 95.0 cm³/mol. The molecule has 1 aromatic rings. The quantitative estimate of drug-likeness (QED) is 0.666. The smallest absolute Gasteiger partial charge is 0.225 e. The molecule has 0 aliphatic carbocycles. The summed E-state index contributed by atoms with van der Waals surface area (Å²) in [5, 5.41) is 2.88. The first-order valence-corrected chi connectivity index (χ1v) is 10.1. The van der Waals surface area contributed by atoms with Crippen LogP contribution in [0.2, 0.25) is 0 Å². The van der Waals surface area contributed by atoms with Gasteiger partial charge in [-0.25, -0.2) is 12.7 Å². The lowest BCUT2D eigenvalue weighted by Gasteiger charge is -2.19. The van der Waals surface area contributed by atoms with E-state index in [-0.39, 0.29) is 18.9 Å². The first-order chi connectivity index (χ1) is 10.9. The fourth-order valence-electron chi connectivity index (χ4n) is 2.37. The second kappa shape index (κ2) is 9.67. The molecule has 6 heteroatoms. The van der Waals surface area contributed by atoms with Crippen molar-refractivity contribution in [2.24, 2.45) is 0 Å². The first-order valence-electron chi connectivity index (χ1n) is 8.21. The molecule has 0 heterocycles. The summed E-state index contributed by atoms with van der Waals surface area (Å²) in [4.78, 5) is 12.1. The Kier molecular flexibility index (Phi) is 8.26. The lowest BCUT2D eigenvalue weighted by Crippen LogP contribution is -2.34. The number of sulfonamides is 1. The molecule has 0 unspecified atom stereocenters. The molecule has 23 heavy (non-hydrogen) atoms. The summed E-state index contributed by atoms with van der Waals surface area (Å²) in [5.74, 6) is -0.157. The minimum atomic E-state index is -3.27. The highest BCUT2D eigenvalue weighted by Crippen LogP contribution is 2.15. The van der Waals surface area contributed by atoms with Gasteiger partial charge in [0, 0.05) is 25.2 Å². The molecular weight excluding hydrogens is 312 g/mol. The van der Waals surface area contributed by atoms with Crippen molar-refractivity contribution in [3.05, 3.63) is 29.8 Å². The van der Waals surface area contributed by atoms with Crippen molar-refractivity contribution in [1.82, 2.24) is 4.31 Å². The highest BCUT2D eigenvalue weighted by molar-refractivity contribution is 7.88. The fourth-order valence-corrected chi connectivity index (χ4v) is 3.25. The van der Waals surface area contributed by atoms with E-state index in [4.69, 9.17) is 0 Å². The summed E-state index contributed by atoms with van der Waals surface area (Å²) in [7, 11) is -3.27. The Morgan fingerprint density at radius 1 is 1.13 bits per heavy atom. The lowest BCUT2D eigenvalue weighted by molar-refractivity contribution is -0.116. The molecule has 0 bridgehead atoms. The summed E-state index contributed by atoms with van der Waals surface area (Å²) in [6.07, 6.45) is 5.04. The normalized spacial score (nSPS) is 11.7. The first kappa shape index (κ1) is 19.6. The number of amides is 1. The number of hydrogen-bond donors (Lipinski definition) is 1. The molecule has 1 aromatic carbocycles. The topological polar surface area (TPSA) is 66.5 Å². The van der Waals surface area contributed by atoms with E-state index in [1.54, 1.807) is 0 Å². The maximum absolute atomic E-state index is 12.1. The van der Waals surface area contributed by atoms with E-state index in [0.29, 0.717) is 6.54 Å². The maximum Gasteiger partial charge on any atom is 0.225 e. The molecule has 0 saturated heterocycles. The SMILES string of the molecule is CCCCCN(CCC(=O)Nc1ccccc1CC)S(C)(=O)=O. The predicted octanol–water partition coefficient (Wildman–Crippen LogP) is 3.03. The Morgan fingerprint density at radius 3 is 2.43 bits per heavy atom. The molecule has 0 aromatic heterocycles. The van der Waals surface area contributed by atoms with E-state index < -0.39 is 10.0 Å². The third kappa shape index (κ3) is 7.14. The molecule has 0 fully saturated rings. The monoisotopic (exact) mass is 340 g/mol. The largest absolute Gasteiger partial charge is 0.326 e. The van der Waals surface area contributed by atoms with Gasteiger partial charge >= 0.3 is 0 Å². The summed E-state index contributed by atoms with van der Waals surface area (Å²) >= 11 is 0. The number of aryl methyl sites for hydroxylation is 1.